The average molecular weight is 276 g/mol. The van der Waals surface area contributed by atoms with E-state index in [9.17, 15) is 17.9 Å². The lowest BCUT2D eigenvalue weighted by molar-refractivity contribution is 0.138. The number of benzene rings is 1. The molecule has 0 atom stereocenters. The summed E-state index contributed by atoms with van der Waals surface area (Å²) in [6.07, 6.45) is 0. The lowest BCUT2D eigenvalue weighted by atomic mass is 10.1. The fraction of sp³-hybridized carbons (Fsp3) is 0.455. The van der Waals surface area contributed by atoms with Crippen LogP contribution in [0.4, 0.5) is 10.1 Å². The van der Waals surface area contributed by atoms with Crippen LogP contribution in [0, 0.1) is 5.82 Å². The van der Waals surface area contributed by atoms with Crippen LogP contribution in [0.2, 0.25) is 0 Å². The number of hydrogen-bond donors (Lipinski definition) is 2. The first-order chi connectivity index (χ1) is 8.13. The lowest BCUT2D eigenvalue weighted by Gasteiger charge is -2.33. The van der Waals surface area contributed by atoms with Crippen molar-refractivity contribution in [2.24, 2.45) is 0 Å². The van der Waals surface area contributed by atoms with Gasteiger partial charge in [-0.15, -0.1) is 0 Å². The first-order valence-electron chi connectivity index (χ1n) is 5.28. The minimum absolute atomic E-state index is 0.157. The van der Waals surface area contributed by atoms with Crippen LogP contribution in [0.3, 0.4) is 0 Å². The molecule has 0 unspecified atom stereocenters. The van der Waals surface area contributed by atoms with E-state index < -0.39 is 21.4 Å². The zero-order valence-electron chi connectivity index (χ0n) is 10.5. The molecule has 7 heteroatoms. The highest BCUT2D eigenvalue weighted by molar-refractivity contribution is 7.89. The topological polar surface area (TPSA) is 83.6 Å². The smallest absolute Gasteiger partial charge is 0.245 e. The van der Waals surface area contributed by atoms with E-state index in [2.05, 4.69) is 0 Å². The zero-order chi connectivity index (χ0) is 14.1. The molecular weight excluding hydrogens is 259 g/mol. The molecule has 0 saturated heterocycles. The Morgan fingerprint density at radius 2 is 2.00 bits per heavy atom. The molecule has 102 valence electrons. The molecule has 0 aliphatic heterocycles. The second kappa shape index (κ2) is 4.83. The van der Waals surface area contributed by atoms with Crippen LogP contribution in [0.5, 0.6) is 0 Å². The third-order valence-electron chi connectivity index (χ3n) is 2.85. The molecule has 0 fully saturated rings. The normalized spacial score (nSPS) is 13.0. The van der Waals surface area contributed by atoms with Gasteiger partial charge in [-0.25, -0.2) is 12.8 Å². The summed E-state index contributed by atoms with van der Waals surface area (Å²) in [6.45, 7) is 2.80. The van der Waals surface area contributed by atoms with E-state index in [1.54, 1.807) is 13.8 Å². The highest BCUT2D eigenvalue weighted by atomic mass is 32.2. The van der Waals surface area contributed by atoms with Crippen LogP contribution in [0.15, 0.2) is 23.1 Å². The van der Waals surface area contributed by atoms with E-state index in [0.717, 1.165) is 22.5 Å². The summed E-state index contributed by atoms with van der Waals surface area (Å²) in [6, 6.07) is 3.10. The Labute approximate surface area is 106 Å². The molecule has 0 aliphatic rings. The number of nitrogens with two attached hydrogens (primary N) is 1. The van der Waals surface area contributed by atoms with E-state index in [-0.39, 0.29) is 17.2 Å². The Kier molecular flexibility index (Phi) is 3.99. The molecular formula is C11H17FN2O3S. The van der Waals surface area contributed by atoms with Gasteiger partial charge < -0.3 is 10.8 Å². The van der Waals surface area contributed by atoms with Crippen LogP contribution in [0.1, 0.15) is 13.8 Å². The van der Waals surface area contributed by atoms with Gasteiger partial charge in [-0.3, -0.25) is 0 Å². The molecule has 0 spiro atoms. The Bertz CT molecular complexity index is 543. The number of nitrogens with zero attached hydrogens (tertiary/aromatic N) is 1. The van der Waals surface area contributed by atoms with E-state index >= 15 is 0 Å². The number of rotatable bonds is 4. The summed E-state index contributed by atoms with van der Waals surface area (Å²) in [7, 11) is -2.53. The molecule has 0 saturated carbocycles. The molecule has 18 heavy (non-hydrogen) atoms. The molecule has 1 aromatic rings. The molecule has 5 nitrogen and oxygen atoms in total. The maximum atomic E-state index is 12.9. The lowest BCUT2D eigenvalue weighted by Crippen LogP contribution is -2.47. The van der Waals surface area contributed by atoms with Gasteiger partial charge in [0.05, 0.1) is 17.8 Å². The summed E-state index contributed by atoms with van der Waals surface area (Å²) in [5.41, 5.74) is 4.39. The minimum Gasteiger partial charge on any atom is -0.398 e. The molecule has 1 rings (SSSR count). The van der Waals surface area contributed by atoms with E-state index in [4.69, 9.17) is 5.73 Å². The largest absolute Gasteiger partial charge is 0.398 e. The van der Waals surface area contributed by atoms with Gasteiger partial charge in [-0.05, 0) is 32.0 Å². The van der Waals surface area contributed by atoms with Crippen LogP contribution < -0.4 is 5.73 Å². The molecule has 3 N–H and O–H groups in total. The fourth-order valence-electron chi connectivity index (χ4n) is 1.33. The monoisotopic (exact) mass is 276 g/mol. The molecule has 0 aromatic heterocycles. The predicted molar refractivity (Wildman–Crippen MR) is 66.9 cm³/mol. The Balaban J connectivity index is 3.30. The van der Waals surface area contributed by atoms with Crippen molar-refractivity contribution >= 4 is 15.7 Å². The van der Waals surface area contributed by atoms with Gasteiger partial charge in [0, 0.05) is 7.05 Å². The zero-order valence-corrected chi connectivity index (χ0v) is 11.3. The number of aliphatic hydroxyl groups is 1. The van der Waals surface area contributed by atoms with Gasteiger partial charge >= 0.3 is 0 Å². The summed E-state index contributed by atoms with van der Waals surface area (Å²) in [5.74, 6) is -0.601. The molecule has 0 bridgehead atoms. The van der Waals surface area contributed by atoms with E-state index in [1.807, 2.05) is 0 Å². The summed E-state index contributed by atoms with van der Waals surface area (Å²) in [4.78, 5) is -0.173. The Hall–Kier alpha value is -1.18. The number of aliphatic hydroxyl groups excluding tert-OH is 1. The van der Waals surface area contributed by atoms with Gasteiger partial charge in [0.1, 0.15) is 10.7 Å². The van der Waals surface area contributed by atoms with Crippen molar-refractivity contribution in [3.63, 3.8) is 0 Å². The van der Waals surface area contributed by atoms with Crippen molar-refractivity contribution in [1.29, 1.82) is 0 Å². The van der Waals surface area contributed by atoms with Gasteiger partial charge in [-0.1, -0.05) is 0 Å². The predicted octanol–water partition coefficient (Wildman–Crippen LogP) is 0.799. The number of halogens is 1. The third-order valence-corrected chi connectivity index (χ3v) is 4.99. The highest BCUT2D eigenvalue weighted by Gasteiger charge is 2.34. The second-order valence-electron chi connectivity index (χ2n) is 4.63. The molecule has 0 amide bonds. The van der Waals surface area contributed by atoms with Crippen LogP contribution in [-0.2, 0) is 10.0 Å². The first kappa shape index (κ1) is 14.9. The maximum Gasteiger partial charge on any atom is 0.245 e. The van der Waals surface area contributed by atoms with Crippen LogP contribution >= 0.6 is 0 Å². The second-order valence-corrected chi connectivity index (χ2v) is 6.56. The van der Waals surface area contributed by atoms with Gasteiger partial charge in [-0.2, -0.15) is 4.31 Å². The third kappa shape index (κ3) is 2.63. The first-order valence-corrected chi connectivity index (χ1v) is 6.72. The summed E-state index contributed by atoms with van der Waals surface area (Å²) in [5, 5.41) is 9.19. The number of anilines is 1. The standard InChI is InChI=1S/C11H17FN2O3S/c1-11(2,7-15)14(3)18(16,17)10-5-4-8(12)6-9(10)13/h4-6,15H,7,13H2,1-3H3. The van der Waals surface area contributed by atoms with E-state index in [0.29, 0.717) is 0 Å². The number of hydrogen-bond acceptors (Lipinski definition) is 4. The Morgan fingerprint density at radius 1 is 1.44 bits per heavy atom. The van der Waals surface area contributed by atoms with Crippen molar-refractivity contribution in [3.05, 3.63) is 24.0 Å². The van der Waals surface area contributed by atoms with Crippen molar-refractivity contribution in [1.82, 2.24) is 4.31 Å². The molecule has 0 radical (unpaired) electrons. The SMILES string of the molecule is CN(C(C)(C)CO)S(=O)(=O)c1ccc(F)cc1N. The van der Waals surface area contributed by atoms with Gasteiger partial charge in [0.25, 0.3) is 0 Å². The van der Waals surface area contributed by atoms with Crippen LogP contribution in [-0.4, -0.2) is 37.0 Å². The van der Waals surface area contributed by atoms with E-state index in [1.165, 1.54) is 7.05 Å². The average Bonchev–Trinajstić information content (AvgIpc) is 2.27. The van der Waals surface area contributed by atoms with Gasteiger partial charge in [0.15, 0.2) is 0 Å². The Morgan fingerprint density at radius 3 is 2.44 bits per heavy atom. The maximum absolute atomic E-state index is 12.9. The molecule has 1 aromatic carbocycles. The van der Waals surface area contributed by atoms with Gasteiger partial charge in [0.2, 0.25) is 10.0 Å². The van der Waals surface area contributed by atoms with Crippen molar-refractivity contribution in [3.8, 4) is 0 Å². The minimum atomic E-state index is -3.87. The van der Waals surface area contributed by atoms with Crippen molar-refractivity contribution in [2.45, 2.75) is 24.3 Å². The number of nitrogen functional groups attached to an aromatic ring is 1. The number of likely N-dealkylation sites (N-methyl/N-ethyl adjacent to an activating group) is 1. The van der Waals surface area contributed by atoms with Crippen molar-refractivity contribution < 1.29 is 17.9 Å². The number of sulfonamides is 1. The molecule has 0 aliphatic carbocycles. The fourth-order valence-corrected chi connectivity index (χ4v) is 2.93. The van der Waals surface area contributed by atoms with Crippen LogP contribution in [0.25, 0.3) is 0 Å². The molecule has 0 heterocycles. The highest BCUT2D eigenvalue weighted by Crippen LogP contribution is 2.26. The summed E-state index contributed by atoms with van der Waals surface area (Å²) < 4.78 is 38.5. The quantitative estimate of drug-likeness (QED) is 0.797. The van der Waals surface area contributed by atoms with Crippen molar-refractivity contribution in [2.75, 3.05) is 19.4 Å². The summed E-state index contributed by atoms with van der Waals surface area (Å²) >= 11 is 0.